The van der Waals surface area contributed by atoms with Crippen LogP contribution in [0.2, 0.25) is 0 Å². The van der Waals surface area contributed by atoms with E-state index < -0.39 is 0 Å². The molecule has 4 nitrogen and oxygen atoms in total. The topological polar surface area (TPSA) is 46.1 Å². The summed E-state index contributed by atoms with van der Waals surface area (Å²) in [7, 11) is 0. The van der Waals surface area contributed by atoms with Gasteiger partial charge in [0.25, 0.3) is 0 Å². The zero-order valence-electron chi connectivity index (χ0n) is 17.0. The summed E-state index contributed by atoms with van der Waals surface area (Å²) >= 11 is 3.35. The Balaban J connectivity index is 1.63. The molecule has 0 aliphatic heterocycles. The van der Waals surface area contributed by atoms with Crippen LogP contribution >= 0.6 is 23.1 Å². The van der Waals surface area contributed by atoms with Crippen LogP contribution in [0, 0.1) is 6.92 Å². The first-order valence-electron chi connectivity index (χ1n) is 9.92. The maximum absolute atomic E-state index is 13.3. The predicted molar refractivity (Wildman–Crippen MR) is 126 cm³/mol. The molecule has 0 fully saturated rings. The van der Waals surface area contributed by atoms with Crippen molar-refractivity contribution in [3.8, 4) is 0 Å². The number of amides is 1. The Morgan fingerprint density at radius 2 is 1.90 bits per heavy atom. The number of anilines is 1. The minimum absolute atomic E-state index is 0.0215. The van der Waals surface area contributed by atoms with Crippen molar-refractivity contribution in [3.05, 3.63) is 83.7 Å². The molecule has 6 heteroatoms. The molecule has 152 valence electrons. The van der Waals surface area contributed by atoms with Crippen LogP contribution in [-0.2, 0) is 17.8 Å². The molecule has 0 aliphatic carbocycles. The predicted octanol–water partition coefficient (Wildman–Crippen LogP) is 5.89. The number of pyridine rings is 1. The molecule has 0 aliphatic rings. The monoisotopic (exact) mass is 433 g/mol. The fraction of sp³-hybridized carbons (Fsp3) is 0.208. The lowest BCUT2D eigenvalue weighted by Gasteiger charge is -2.19. The molecule has 4 rings (SSSR count). The molecule has 0 atom stereocenters. The van der Waals surface area contributed by atoms with Gasteiger partial charge < -0.3 is 0 Å². The molecule has 0 saturated heterocycles. The van der Waals surface area contributed by atoms with Crippen molar-refractivity contribution in [1.82, 2.24) is 9.97 Å². The van der Waals surface area contributed by atoms with Crippen molar-refractivity contribution in [1.29, 1.82) is 0 Å². The quantitative estimate of drug-likeness (QED) is 0.341. The van der Waals surface area contributed by atoms with Crippen LogP contribution in [0.15, 0.2) is 71.8 Å². The van der Waals surface area contributed by atoms with Crippen molar-refractivity contribution < 1.29 is 4.79 Å². The Morgan fingerprint density at radius 1 is 1.07 bits per heavy atom. The summed E-state index contributed by atoms with van der Waals surface area (Å²) in [5.41, 5.74) is 3.92. The number of aromatic nitrogens is 2. The van der Waals surface area contributed by atoms with E-state index in [4.69, 9.17) is 4.98 Å². The Hall–Kier alpha value is -2.70. The molecule has 0 radical (unpaired) electrons. The first-order chi connectivity index (χ1) is 14.6. The second-order valence-corrected chi connectivity index (χ2v) is 9.32. The highest BCUT2D eigenvalue weighted by Crippen LogP contribution is 2.31. The molecule has 0 unspecified atom stereocenters. The lowest BCUT2D eigenvalue weighted by molar-refractivity contribution is -0.118. The minimum Gasteiger partial charge on any atom is -0.282 e. The van der Waals surface area contributed by atoms with Gasteiger partial charge in [0.05, 0.1) is 28.9 Å². The number of benzene rings is 2. The zero-order valence-corrected chi connectivity index (χ0v) is 18.7. The van der Waals surface area contributed by atoms with Gasteiger partial charge in [0, 0.05) is 11.1 Å². The number of hydrogen-bond acceptors (Lipinski definition) is 5. The highest BCUT2D eigenvalue weighted by molar-refractivity contribution is 7.99. The minimum atomic E-state index is 0.0215. The van der Waals surface area contributed by atoms with E-state index in [1.54, 1.807) is 34.2 Å². The smallest absolute Gasteiger partial charge is 0.233 e. The molecule has 0 saturated carbocycles. The third-order valence-corrected chi connectivity index (χ3v) is 6.72. The highest BCUT2D eigenvalue weighted by Gasteiger charge is 2.21. The van der Waals surface area contributed by atoms with Gasteiger partial charge in [-0.2, -0.15) is 0 Å². The van der Waals surface area contributed by atoms with E-state index in [1.807, 2.05) is 49.4 Å². The number of carbonyl (C=O) groups is 1. The third-order valence-electron chi connectivity index (χ3n) is 4.78. The van der Waals surface area contributed by atoms with E-state index in [0.29, 0.717) is 18.1 Å². The molecule has 2 aromatic carbocycles. The van der Waals surface area contributed by atoms with Crippen molar-refractivity contribution in [2.75, 3.05) is 10.7 Å². The number of nitrogens with zero attached hydrogens (tertiary/aromatic N) is 3. The Bertz CT molecular complexity index is 1140. The SMILES string of the molecule is CCSc1ccc(CC(=O)N(Cc2ccccn2)c2nc3c(C)cccc3s2)cc1. The van der Waals surface area contributed by atoms with Gasteiger partial charge in [0.1, 0.15) is 0 Å². The van der Waals surface area contributed by atoms with Gasteiger partial charge >= 0.3 is 0 Å². The summed E-state index contributed by atoms with van der Waals surface area (Å²) in [5.74, 6) is 1.06. The molecule has 0 N–H and O–H groups in total. The van der Waals surface area contributed by atoms with Crippen LogP contribution in [0.3, 0.4) is 0 Å². The van der Waals surface area contributed by atoms with Gasteiger partial charge in [-0.25, -0.2) is 4.98 Å². The van der Waals surface area contributed by atoms with Crippen molar-refractivity contribution >= 4 is 44.4 Å². The average Bonchev–Trinajstić information content (AvgIpc) is 3.20. The van der Waals surface area contributed by atoms with E-state index in [1.165, 1.54) is 4.90 Å². The van der Waals surface area contributed by atoms with Crippen LogP contribution in [0.5, 0.6) is 0 Å². The Kier molecular flexibility index (Phi) is 6.45. The first kappa shape index (κ1) is 20.6. The molecule has 2 heterocycles. The molecule has 1 amide bonds. The normalized spacial score (nSPS) is 11.0. The fourth-order valence-corrected chi connectivity index (χ4v) is 4.97. The summed E-state index contributed by atoms with van der Waals surface area (Å²) in [5, 5.41) is 0.716. The number of carbonyl (C=O) groups excluding carboxylic acids is 1. The van der Waals surface area contributed by atoms with E-state index in [-0.39, 0.29) is 5.91 Å². The van der Waals surface area contributed by atoms with Gasteiger partial charge in [0.2, 0.25) is 5.91 Å². The lowest BCUT2D eigenvalue weighted by atomic mass is 10.1. The molecule has 0 spiro atoms. The Morgan fingerprint density at radius 3 is 2.60 bits per heavy atom. The van der Waals surface area contributed by atoms with Crippen LogP contribution in [0.25, 0.3) is 10.2 Å². The number of para-hydroxylation sites is 1. The third kappa shape index (κ3) is 4.71. The first-order valence-corrected chi connectivity index (χ1v) is 11.7. The van der Waals surface area contributed by atoms with Crippen molar-refractivity contribution in [3.63, 3.8) is 0 Å². The van der Waals surface area contributed by atoms with Gasteiger partial charge in [-0.3, -0.25) is 14.7 Å². The maximum atomic E-state index is 13.3. The average molecular weight is 434 g/mol. The molecule has 2 aromatic heterocycles. The van der Waals surface area contributed by atoms with Crippen molar-refractivity contribution in [2.24, 2.45) is 0 Å². The van der Waals surface area contributed by atoms with E-state index in [9.17, 15) is 4.79 Å². The zero-order chi connectivity index (χ0) is 20.9. The van der Waals surface area contributed by atoms with Gasteiger partial charge in [0.15, 0.2) is 5.13 Å². The molecule has 30 heavy (non-hydrogen) atoms. The summed E-state index contributed by atoms with van der Waals surface area (Å²) in [6.07, 6.45) is 2.09. The number of aryl methyl sites for hydroxylation is 1. The summed E-state index contributed by atoms with van der Waals surface area (Å²) in [6, 6.07) is 20.1. The van der Waals surface area contributed by atoms with Crippen LogP contribution in [-0.4, -0.2) is 21.6 Å². The van der Waals surface area contributed by atoms with E-state index in [0.717, 1.165) is 32.8 Å². The van der Waals surface area contributed by atoms with E-state index >= 15 is 0 Å². The van der Waals surface area contributed by atoms with Gasteiger partial charge in [-0.1, -0.05) is 48.6 Å². The largest absolute Gasteiger partial charge is 0.282 e. The number of rotatable bonds is 7. The highest BCUT2D eigenvalue weighted by atomic mass is 32.2. The number of hydrogen-bond donors (Lipinski definition) is 0. The second-order valence-electron chi connectivity index (χ2n) is 6.97. The summed E-state index contributed by atoms with van der Waals surface area (Å²) in [6.45, 7) is 4.59. The van der Waals surface area contributed by atoms with Crippen LogP contribution < -0.4 is 4.90 Å². The van der Waals surface area contributed by atoms with Gasteiger partial charge in [-0.15, -0.1) is 11.8 Å². The standard InChI is InChI=1S/C24H23N3OS2/c1-3-29-20-12-10-18(11-13-20)15-22(28)27(16-19-8-4-5-14-25-19)24-26-23-17(2)7-6-9-21(23)30-24/h4-14H,3,15-16H2,1-2H3. The number of thioether (sulfide) groups is 1. The molecular weight excluding hydrogens is 410 g/mol. The number of fused-ring (bicyclic) bond motifs is 1. The molecule has 4 aromatic rings. The lowest BCUT2D eigenvalue weighted by Crippen LogP contribution is -2.32. The maximum Gasteiger partial charge on any atom is 0.233 e. The second kappa shape index (κ2) is 9.41. The molecule has 0 bridgehead atoms. The van der Waals surface area contributed by atoms with Crippen LogP contribution in [0.1, 0.15) is 23.7 Å². The van der Waals surface area contributed by atoms with Gasteiger partial charge in [-0.05, 0) is 54.1 Å². The van der Waals surface area contributed by atoms with E-state index in [2.05, 4.69) is 30.1 Å². The van der Waals surface area contributed by atoms with Crippen LogP contribution in [0.4, 0.5) is 5.13 Å². The Labute approximate surface area is 185 Å². The number of thiazole rings is 1. The molecular formula is C24H23N3OS2. The summed E-state index contributed by atoms with van der Waals surface area (Å²) in [4.78, 5) is 25.6. The fourth-order valence-electron chi connectivity index (χ4n) is 3.25. The van der Waals surface area contributed by atoms with Crippen molar-refractivity contribution in [2.45, 2.75) is 31.7 Å². The summed E-state index contributed by atoms with van der Waals surface area (Å²) < 4.78 is 1.09.